The average molecular weight is 294 g/mol. The van der Waals surface area contributed by atoms with Crippen LogP contribution < -0.4 is 9.47 Å². The van der Waals surface area contributed by atoms with Gasteiger partial charge < -0.3 is 19.0 Å². The van der Waals surface area contributed by atoms with E-state index in [1.54, 1.807) is 20.3 Å². The number of thioether (sulfide) groups is 1. The van der Waals surface area contributed by atoms with E-state index in [9.17, 15) is 4.79 Å². The predicted molar refractivity (Wildman–Crippen MR) is 74.8 cm³/mol. The molecule has 0 atom stereocenters. The maximum atomic E-state index is 10.7. The SMILES string of the molecule is COc1ccc(OC)c(CSc2ccc(C(=O)O)o2)c1. The van der Waals surface area contributed by atoms with Crippen LogP contribution in [-0.4, -0.2) is 25.3 Å². The predicted octanol–water partition coefficient (Wildman–Crippen LogP) is 3.29. The highest BCUT2D eigenvalue weighted by molar-refractivity contribution is 7.98. The van der Waals surface area contributed by atoms with Crippen LogP contribution in [0.25, 0.3) is 0 Å². The lowest BCUT2D eigenvalue weighted by molar-refractivity contribution is 0.0656. The fourth-order valence-electron chi connectivity index (χ4n) is 1.66. The Morgan fingerprint density at radius 3 is 2.65 bits per heavy atom. The van der Waals surface area contributed by atoms with Gasteiger partial charge in [0, 0.05) is 11.3 Å². The number of rotatable bonds is 6. The quantitative estimate of drug-likeness (QED) is 0.824. The standard InChI is InChI=1S/C14H14O5S/c1-17-10-3-4-11(18-2)9(7-10)8-20-13-6-5-12(19-13)14(15)16/h3-7H,8H2,1-2H3,(H,15,16). The van der Waals surface area contributed by atoms with E-state index in [0.717, 1.165) is 17.1 Å². The van der Waals surface area contributed by atoms with Crippen LogP contribution in [0.5, 0.6) is 11.5 Å². The first kappa shape index (κ1) is 14.3. The molecule has 0 amide bonds. The van der Waals surface area contributed by atoms with Crippen LogP contribution >= 0.6 is 11.8 Å². The Morgan fingerprint density at radius 1 is 1.25 bits per heavy atom. The number of carbonyl (C=O) groups is 1. The van der Waals surface area contributed by atoms with Crippen molar-refractivity contribution in [3.8, 4) is 11.5 Å². The molecule has 0 aliphatic carbocycles. The topological polar surface area (TPSA) is 68.9 Å². The summed E-state index contributed by atoms with van der Waals surface area (Å²) < 4.78 is 15.6. The van der Waals surface area contributed by atoms with Gasteiger partial charge in [0.15, 0.2) is 5.09 Å². The van der Waals surface area contributed by atoms with Gasteiger partial charge in [0.25, 0.3) is 0 Å². The van der Waals surface area contributed by atoms with Crippen LogP contribution in [0.4, 0.5) is 0 Å². The number of methoxy groups -OCH3 is 2. The number of aromatic carboxylic acids is 1. The van der Waals surface area contributed by atoms with Crippen LogP contribution in [0.2, 0.25) is 0 Å². The fraction of sp³-hybridized carbons (Fsp3) is 0.214. The number of ether oxygens (including phenoxy) is 2. The molecule has 0 fully saturated rings. The number of carboxylic acid groups (broad SMARTS) is 1. The van der Waals surface area contributed by atoms with Crippen molar-refractivity contribution in [3.05, 3.63) is 41.7 Å². The minimum atomic E-state index is -1.07. The van der Waals surface area contributed by atoms with Gasteiger partial charge in [0.1, 0.15) is 11.5 Å². The first-order valence-corrected chi connectivity index (χ1v) is 6.79. The summed E-state index contributed by atoms with van der Waals surface area (Å²) in [6, 6.07) is 8.61. The molecule has 1 aromatic carbocycles. The molecule has 0 unspecified atom stereocenters. The van der Waals surface area contributed by atoms with Crippen LogP contribution in [-0.2, 0) is 5.75 Å². The van der Waals surface area contributed by atoms with Crippen molar-refractivity contribution < 1.29 is 23.8 Å². The highest BCUT2D eigenvalue weighted by Gasteiger charge is 2.11. The summed E-state index contributed by atoms with van der Waals surface area (Å²) in [7, 11) is 3.20. The van der Waals surface area contributed by atoms with E-state index in [1.807, 2.05) is 18.2 Å². The number of benzene rings is 1. The summed E-state index contributed by atoms with van der Waals surface area (Å²) in [4.78, 5) is 10.7. The van der Waals surface area contributed by atoms with Crippen molar-refractivity contribution in [3.63, 3.8) is 0 Å². The van der Waals surface area contributed by atoms with E-state index in [0.29, 0.717) is 10.8 Å². The number of hydrogen-bond acceptors (Lipinski definition) is 5. The molecule has 2 rings (SSSR count). The van der Waals surface area contributed by atoms with E-state index in [2.05, 4.69) is 0 Å². The molecule has 0 radical (unpaired) electrons. The lowest BCUT2D eigenvalue weighted by atomic mass is 10.2. The lowest BCUT2D eigenvalue weighted by Gasteiger charge is -2.09. The monoisotopic (exact) mass is 294 g/mol. The van der Waals surface area contributed by atoms with Gasteiger partial charge in [-0.1, -0.05) is 11.8 Å². The van der Waals surface area contributed by atoms with Gasteiger partial charge in [-0.3, -0.25) is 0 Å². The Bertz CT molecular complexity index is 605. The molecule has 1 heterocycles. The molecule has 1 N–H and O–H groups in total. The summed E-state index contributed by atoms with van der Waals surface area (Å²) >= 11 is 1.39. The lowest BCUT2D eigenvalue weighted by Crippen LogP contribution is -1.92. The molecule has 6 heteroatoms. The molecule has 5 nitrogen and oxygen atoms in total. The molecule has 1 aromatic heterocycles. The zero-order chi connectivity index (χ0) is 14.5. The second-order valence-electron chi connectivity index (χ2n) is 3.89. The Balaban J connectivity index is 2.10. The Labute approximate surface area is 120 Å². The van der Waals surface area contributed by atoms with E-state index in [1.165, 1.54) is 17.8 Å². The first-order chi connectivity index (χ1) is 9.63. The highest BCUT2D eigenvalue weighted by atomic mass is 32.2. The summed E-state index contributed by atoms with van der Waals surface area (Å²) in [5.74, 6) is 0.948. The van der Waals surface area contributed by atoms with Crippen molar-refractivity contribution in [2.75, 3.05) is 14.2 Å². The molecule has 0 saturated carbocycles. The van der Waals surface area contributed by atoms with E-state index in [4.69, 9.17) is 19.0 Å². The van der Waals surface area contributed by atoms with Crippen molar-refractivity contribution in [1.29, 1.82) is 0 Å². The first-order valence-electron chi connectivity index (χ1n) is 5.81. The third-order valence-electron chi connectivity index (χ3n) is 2.65. The zero-order valence-electron chi connectivity index (χ0n) is 11.1. The van der Waals surface area contributed by atoms with E-state index < -0.39 is 5.97 Å². The van der Waals surface area contributed by atoms with Crippen LogP contribution in [0.1, 0.15) is 16.1 Å². The summed E-state index contributed by atoms with van der Waals surface area (Å²) in [5, 5.41) is 9.34. The maximum Gasteiger partial charge on any atom is 0.371 e. The summed E-state index contributed by atoms with van der Waals surface area (Å²) in [5.41, 5.74) is 0.949. The Morgan fingerprint density at radius 2 is 2.05 bits per heavy atom. The Hall–Kier alpha value is -2.08. The van der Waals surface area contributed by atoms with E-state index in [-0.39, 0.29) is 5.76 Å². The average Bonchev–Trinajstić information content (AvgIpc) is 2.93. The number of furan rings is 1. The molecule has 106 valence electrons. The van der Waals surface area contributed by atoms with Gasteiger partial charge in [-0.25, -0.2) is 4.79 Å². The fourth-order valence-corrected chi connectivity index (χ4v) is 2.49. The van der Waals surface area contributed by atoms with Gasteiger partial charge in [0.2, 0.25) is 5.76 Å². The van der Waals surface area contributed by atoms with Gasteiger partial charge in [-0.15, -0.1) is 0 Å². The highest BCUT2D eigenvalue weighted by Crippen LogP contribution is 2.31. The third-order valence-corrected chi connectivity index (χ3v) is 3.61. The smallest absolute Gasteiger partial charge is 0.371 e. The molecular formula is C14H14O5S. The number of carboxylic acids is 1. The van der Waals surface area contributed by atoms with Crippen molar-refractivity contribution in [1.82, 2.24) is 0 Å². The molecule has 0 saturated heterocycles. The van der Waals surface area contributed by atoms with Gasteiger partial charge in [-0.2, -0.15) is 0 Å². The second-order valence-corrected chi connectivity index (χ2v) is 4.87. The molecule has 0 aliphatic rings. The summed E-state index contributed by atoms with van der Waals surface area (Å²) in [6.07, 6.45) is 0. The minimum Gasteiger partial charge on any atom is -0.497 e. The zero-order valence-corrected chi connectivity index (χ0v) is 11.9. The molecule has 0 spiro atoms. The third kappa shape index (κ3) is 3.27. The van der Waals surface area contributed by atoms with Crippen LogP contribution in [0.3, 0.4) is 0 Å². The Kier molecular flexibility index (Phi) is 4.57. The normalized spacial score (nSPS) is 10.3. The van der Waals surface area contributed by atoms with Crippen LogP contribution in [0, 0.1) is 0 Å². The largest absolute Gasteiger partial charge is 0.497 e. The van der Waals surface area contributed by atoms with Crippen LogP contribution in [0.15, 0.2) is 39.8 Å². The second kappa shape index (κ2) is 6.38. The van der Waals surface area contributed by atoms with E-state index >= 15 is 0 Å². The number of hydrogen-bond donors (Lipinski definition) is 1. The maximum absolute atomic E-state index is 10.7. The summed E-state index contributed by atoms with van der Waals surface area (Å²) in [6.45, 7) is 0. The molecule has 2 aromatic rings. The van der Waals surface area contributed by atoms with Crippen molar-refractivity contribution in [2.45, 2.75) is 10.8 Å². The minimum absolute atomic E-state index is 0.0647. The molecule has 20 heavy (non-hydrogen) atoms. The molecule has 0 bridgehead atoms. The molecule has 0 aliphatic heterocycles. The van der Waals surface area contributed by atoms with Crippen molar-refractivity contribution in [2.24, 2.45) is 0 Å². The van der Waals surface area contributed by atoms with Crippen molar-refractivity contribution >= 4 is 17.7 Å². The van der Waals surface area contributed by atoms with Gasteiger partial charge in [-0.05, 0) is 30.3 Å². The van der Waals surface area contributed by atoms with Gasteiger partial charge >= 0.3 is 5.97 Å². The van der Waals surface area contributed by atoms with Gasteiger partial charge in [0.05, 0.1) is 14.2 Å². The molecular weight excluding hydrogens is 280 g/mol.